The maximum atomic E-state index is 4.58. The summed E-state index contributed by atoms with van der Waals surface area (Å²) in [5.41, 5.74) is 3.64. The maximum Gasteiger partial charge on any atom is 0.189 e. The summed E-state index contributed by atoms with van der Waals surface area (Å²) < 4.78 is 2.76. The Labute approximate surface area is 155 Å². The molecule has 0 amide bonds. The molecular weight excluding hydrogens is 380 g/mol. The molecule has 25 heavy (non-hydrogen) atoms. The number of fused-ring (bicyclic) bond motifs is 1. The third-order valence-corrected chi connectivity index (χ3v) is 5.17. The minimum atomic E-state index is 0.473. The molecule has 6 nitrogen and oxygen atoms in total. The second kappa shape index (κ2) is 6.37. The fourth-order valence-corrected chi connectivity index (χ4v) is 3.39. The minimum Gasteiger partial charge on any atom is -0.368 e. The topological polar surface area (TPSA) is 68.5 Å². The summed E-state index contributed by atoms with van der Waals surface area (Å²) in [5.74, 6) is 2.72. The van der Waals surface area contributed by atoms with Gasteiger partial charge in [-0.3, -0.25) is 0 Å². The van der Waals surface area contributed by atoms with Gasteiger partial charge < -0.3 is 5.32 Å². The van der Waals surface area contributed by atoms with Crippen molar-refractivity contribution in [1.82, 2.24) is 25.0 Å². The van der Waals surface area contributed by atoms with Crippen molar-refractivity contribution in [3.05, 3.63) is 34.1 Å². The summed E-state index contributed by atoms with van der Waals surface area (Å²) in [7, 11) is 0. The molecule has 4 rings (SSSR count). The lowest BCUT2D eigenvalue weighted by Gasteiger charge is -2.10. The van der Waals surface area contributed by atoms with Crippen molar-refractivity contribution in [3.63, 3.8) is 0 Å². The van der Waals surface area contributed by atoms with Crippen LogP contribution in [0.4, 0.5) is 5.82 Å². The molecule has 1 aliphatic carbocycles. The van der Waals surface area contributed by atoms with E-state index in [1.165, 1.54) is 18.4 Å². The number of hydrogen-bond donors (Lipinski definition) is 1. The second-order valence-corrected chi connectivity index (χ2v) is 7.84. The van der Waals surface area contributed by atoms with Gasteiger partial charge in [-0.15, -0.1) is 5.10 Å². The van der Waals surface area contributed by atoms with Crippen molar-refractivity contribution in [1.29, 1.82) is 0 Å². The average Bonchev–Trinajstić information content (AvgIpc) is 3.31. The van der Waals surface area contributed by atoms with Crippen molar-refractivity contribution >= 4 is 32.9 Å². The zero-order valence-corrected chi connectivity index (χ0v) is 16.2. The van der Waals surface area contributed by atoms with Crippen LogP contribution in [0.25, 0.3) is 16.9 Å². The molecule has 2 heterocycles. The Morgan fingerprint density at radius 3 is 2.76 bits per heavy atom. The molecule has 1 aliphatic rings. The molecule has 0 unspecified atom stereocenters. The number of nitrogens with one attached hydrogen (secondary N) is 1. The lowest BCUT2D eigenvalue weighted by Crippen LogP contribution is -2.08. The van der Waals surface area contributed by atoms with Crippen molar-refractivity contribution in [2.24, 2.45) is 5.92 Å². The van der Waals surface area contributed by atoms with Gasteiger partial charge in [0.25, 0.3) is 0 Å². The van der Waals surface area contributed by atoms with Gasteiger partial charge in [-0.25, -0.2) is 9.97 Å². The highest BCUT2D eigenvalue weighted by Gasteiger charge is 2.22. The molecule has 0 spiro atoms. The molecule has 130 valence electrons. The molecule has 7 heteroatoms. The maximum absolute atomic E-state index is 4.58. The number of nitrogens with zero attached hydrogens (tertiary/aromatic N) is 5. The third kappa shape index (κ3) is 3.25. The molecule has 0 atom stereocenters. The van der Waals surface area contributed by atoms with E-state index in [0.29, 0.717) is 17.3 Å². The zero-order valence-electron chi connectivity index (χ0n) is 14.6. The van der Waals surface area contributed by atoms with Crippen molar-refractivity contribution in [3.8, 4) is 5.69 Å². The molecule has 1 aromatic carbocycles. The summed E-state index contributed by atoms with van der Waals surface area (Å²) in [4.78, 5) is 9.10. The van der Waals surface area contributed by atoms with E-state index in [1.54, 1.807) is 4.68 Å². The summed E-state index contributed by atoms with van der Waals surface area (Å²) in [6, 6.07) is 6.31. The largest absolute Gasteiger partial charge is 0.368 e. The predicted molar refractivity (Wildman–Crippen MR) is 102 cm³/mol. The van der Waals surface area contributed by atoms with E-state index in [4.69, 9.17) is 0 Å². The summed E-state index contributed by atoms with van der Waals surface area (Å²) in [6.45, 7) is 7.20. The Morgan fingerprint density at radius 1 is 1.28 bits per heavy atom. The number of hydrogen-bond acceptors (Lipinski definition) is 5. The Balaban J connectivity index is 1.77. The van der Waals surface area contributed by atoms with Crippen LogP contribution in [0.3, 0.4) is 0 Å². The van der Waals surface area contributed by atoms with Gasteiger partial charge in [0.15, 0.2) is 17.0 Å². The summed E-state index contributed by atoms with van der Waals surface area (Å²) >= 11 is 3.67. The van der Waals surface area contributed by atoms with Crippen LogP contribution in [0.2, 0.25) is 0 Å². The van der Waals surface area contributed by atoms with Crippen LogP contribution in [0.1, 0.15) is 44.0 Å². The smallest absolute Gasteiger partial charge is 0.189 e. The molecule has 0 aliphatic heterocycles. The number of halogens is 1. The quantitative estimate of drug-likeness (QED) is 0.693. The fraction of sp³-hybridized carbons (Fsp3) is 0.444. The molecule has 3 aromatic rings. The molecule has 0 saturated heterocycles. The number of benzene rings is 1. The Morgan fingerprint density at radius 2 is 2.08 bits per heavy atom. The van der Waals surface area contributed by atoms with E-state index in [-0.39, 0.29) is 0 Å². The van der Waals surface area contributed by atoms with Crippen molar-refractivity contribution in [2.45, 2.75) is 39.5 Å². The van der Waals surface area contributed by atoms with E-state index in [0.717, 1.165) is 34.1 Å². The van der Waals surface area contributed by atoms with E-state index >= 15 is 0 Å². The molecule has 0 radical (unpaired) electrons. The van der Waals surface area contributed by atoms with Crippen LogP contribution in [0.5, 0.6) is 0 Å². The molecule has 1 N–H and O–H groups in total. The van der Waals surface area contributed by atoms with Crippen LogP contribution in [-0.4, -0.2) is 31.5 Å². The number of aryl methyl sites for hydroxylation is 1. The highest BCUT2D eigenvalue weighted by molar-refractivity contribution is 9.10. The SMILES string of the molecule is Cc1nc(NCC2CC2)c2nnn(-c3ccc(C(C)C)cc3Br)c2n1. The van der Waals surface area contributed by atoms with Gasteiger partial charge in [-0.05, 0) is 65.2 Å². The standard InChI is InChI=1S/C18H21BrN6/c1-10(2)13-6-7-15(14(19)8-13)25-18-16(23-24-25)17(21-11(3)22-18)20-9-12-4-5-12/h6-8,10,12H,4-5,9H2,1-3H3,(H,20,21,22). The van der Waals surface area contributed by atoms with Gasteiger partial charge in [-0.2, -0.15) is 4.68 Å². The first-order chi connectivity index (χ1) is 12.0. The van der Waals surface area contributed by atoms with Crippen LogP contribution >= 0.6 is 15.9 Å². The van der Waals surface area contributed by atoms with Gasteiger partial charge in [0.1, 0.15) is 5.82 Å². The van der Waals surface area contributed by atoms with Crippen LogP contribution < -0.4 is 5.32 Å². The van der Waals surface area contributed by atoms with Gasteiger partial charge in [-0.1, -0.05) is 25.1 Å². The fourth-order valence-electron chi connectivity index (χ4n) is 2.83. The van der Waals surface area contributed by atoms with Crippen LogP contribution in [0, 0.1) is 12.8 Å². The number of anilines is 1. The normalized spacial score (nSPS) is 14.4. The monoisotopic (exact) mass is 400 g/mol. The Hall–Kier alpha value is -2.02. The van der Waals surface area contributed by atoms with E-state index in [1.807, 2.05) is 6.92 Å². The highest BCUT2D eigenvalue weighted by atomic mass is 79.9. The lowest BCUT2D eigenvalue weighted by atomic mass is 10.0. The van der Waals surface area contributed by atoms with E-state index < -0.39 is 0 Å². The molecular formula is C18H21BrN6. The average molecular weight is 401 g/mol. The van der Waals surface area contributed by atoms with Gasteiger partial charge in [0.2, 0.25) is 0 Å². The summed E-state index contributed by atoms with van der Waals surface area (Å²) in [5, 5.41) is 12.1. The molecule has 2 aromatic heterocycles. The predicted octanol–water partition coefficient (Wildman–Crippen LogP) is 4.23. The Bertz CT molecular complexity index is 929. The zero-order chi connectivity index (χ0) is 17.6. The van der Waals surface area contributed by atoms with E-state index in [2.05, 4.69) is 73.6 Å². The number of aromatic nitrogens is 5. The molecule has 0 bridgehead atoms. The Kier molecular flexibility index (Phi) is 4.19. The van der Waals surface area contributed by atoms with Crippen molar-refractivity contribution in [2.75, 3.05) is 11.9 Å². The van der Waals surface area contributed by atoms with Crippen molar-refractivity contribution < 1.29 is 0 Å². The van der Waals surface area contributed by atoms with Crippen LogP contribution in [-0.2, 0) is 0 Å². The van der Waals surface area contributed by atoms with Crippen LogP contribution in [0.15, 0.2) is 22.7 Å². The first-order valence-corrected chi connectivity index (χ1v) is 9.46. The third-order valence-electron chi connectivity index (χ3n) is 4.53. The first-order valence-electron chi connectivity index (χ1n) is 8.66. The van der Waals surface area contributed by atoms with Gasteiger partial charge in [0, 0.05) is 11.0 Å². The van der Waals surface area contributed by atoms with Gasteiger partial charge in [0.05, 0.1) is 5.69 Å². The number of rotatable bonds is 5. The minimum absolute atomic E-state index is 0.473. The molecule has 1 fully saturated rings. The lowest BCUT2D eigenvalue weighted by molar-refractivity contribution is 0.808. The van der Waals surface area contributed by atoms with Gasteiger partial charge >= 0.3 is 0 Å². The summed E-state index contributed by atoms with van der Waals surface area (Å²) in [6.07, 6.45) is 2.59. The molecule has 1 saturated carbocycles. The second-order valence-electron chi connectivity index (χ2n) is 6.98. The highest BCUT2D eigenvalue weighted by Crippen LogP contribution is 2.31. The van der Waals surface area contributed by atoms with E-state index in [9.17, 15) is 0 Å². The first kappa shape index (κ1) is 16.4.